The van der Waals surface area contributed by atoms with E-state index in [2.05, 4.69) is 47.4 Å². The summed E-state index contributed by atoms with van der Waals surface area (Å²) in [6.07, 6.45) is 9.56. The summed E-state index contributed by atoms with van der Waals surface area (Å²) in [6, 6.07) is 17.7. The summed E-state index contributed by atoms with van der Waals surface area (Å²) < 4.78 is 13.2. The van der Waals surface area contributed by atoms with Gasteiger partial charge in [0.15, 0.2) is 0 Å². The first-order chi connectivity index (χ1) is 12.8. The second kappa shape index (κ2) is 8.01. The van der Waals surface area contributed by atoms with E-state index >= 15 is 0 Å². The van der Waals surface area contributed by atoms with Crippen LogP contribution in [0.25, 0.3) is 11.1 Å². The predicted octanol–water partition coefficient (Wildman–Crippen LogP) is 5.80. The molecule has 1 aliphatic carbocycles. The Balaban J connectivity index is 1.39. The van der Waals surface area contributed by atoms with Crippen molar-refractivity contribution < 1.29 is 4.39 Å². The van der Waals surface area contributed by atoms with Crippen molar-refractivity contribution in [3.8, 4) is 0 Å². The van der Waals surface area contributed by atoms with Crippen molar-refractivity contribution in [2.24, 2.45) is 5.92 Å². The second-order valence-corrected chi connectivity index (χ2v) is 7.46. The van der Waals surface area contributed by atoms with E-state index < -0.39 is 0 Å². The molecule has 26 heavy (non-hydrogen) atoms. The molecule has 0 radical (unpaired) electrons. The number of rotatable bonds is 4. The van der Waals surface area contributed by atoms with Crippen molar-refractivity contribution in [3.63, 3.8) is 0 Å². The second-order valence-electron chi connectivity index (χ2n) is 7.46. The van der Waals surface area contributed by atoms with E-state index in [0.29, 0.717) is 5.92 Å². The molecule has 0 saturated carbocycles. The van der Waals surface area contributed by atoms with Crippen LogP contribution in [0.1, 0.15) is 36.8 Å². The lowest BCUT2D eigenvalue weighted by atomic mass is 9.86. The molecular formula is C24H26FN. The highest BCUT2D eigenvalue weighted by Gasteiger charge is 2.19. The first kappa shape index (κ1) is 17.2. The van der Waals surface area contributed by atoms with Gasteiger partial charge >= 0.3 is 0 Å². The van der Waals surface area contributed by atoms with Crippen LogP contribution in [0.5, 0.6) is 0 Å². The van der Waals surface area contributed by atoms with Gasteiger partial charge in [-0.3, -0.25) is 4.90 Å². The normalized spacial score (nSPS) is 21.2. The van der Waals surface area contributed by atoms with Crippen LogP contribution in [-0.2, 0) is 0 Å². The molecule has 0 N–H and O–H groups in total. The maximum atomic E-state index is 13.2. The van der Waals surface area contributed by atoms with Crippen molar-refractivity contribution in [3.05, 3.63) is 83.7 Å². The third kappa shape index (κ3) is 4.13. The third-order valence-electron chi connectivity index (χ3n) is 5.60. The van der Waals surface area contributed by atoms with Gasteiger partial charge in [0.05, 0.1) is 0 Å². The van der Waals surface area contributed by atoms with E-state index in [4.69, 9.17) is 0 Å². The molecule has 1 heterocycles. The number of hydrogen-bond donors (Lipinski definition) is 0. The molecule has 0 amide bonds. The van der Waals surface area contributed by atoms with Crippen molar-refractivity contribution >= 4 is 11.1 Å². The molecule has 134 valence electrons. The molecule has 2 aliphatic rings. The van der Waals surface area contributed by atoms with Crippen LogP contribution in [0.15, 0.2) is 66.7 Å². The Morgan fingerprint density at radius 2 is 1.65 bits per heavy atom. The number of nitrogens with zero attached hydrogens (tertiary/aromatic N) is 1. The molecule has 1 atom stereocenters. The molecule has 0 saturated heterocycles. The molecule has 0 fully saturated rings. The van der Waals surface area contributed by atoms with Gasteiger partial charge in [-0.2, -0.15) is 0 Å². The Morgan fingerprint density at radius 1 is 0.885 bits per heavy atom. The molecule has 0 bridgehead atoms. The predicted molar refractivity (Wildman–Crippen MR) is 107 cm³/mol. The van der Waals surface area contributed by atoms with E-state index in [0.717, 1.165) is 32.5 Å². The van der Waals surface area contributed by atoms with Crippen molar-refractivity contribution in [2.75, 3.05) is 19.6 Å². The number of hydrogen-bond acceptors (Lipinski definition) is 1. The summed E-state index contributed by atoms with van der Waals surface area (Å²) in [7, 11) is 0. The quantitative estimate of drug-likeness (QED) is 0.676. The Bertz CT molecular complexity index is 789. The summed E-state index contributed by atoms with van der Waals surface area (Å²) in [5, 5.41) is 0. The first-order valence-electron chi connectivity index (χ1n) is 9.71. The fraction of sp³-hybridized carbons (Fsp3) is 0.333. The topological polar surface area (TPSA) is 3.24 Å². The van der Waals surface area contributed by atoms with E-state index in [9.17, 15) is 4.39 Å². The highest BCUT2D eigenvalue weighted by molar-refractivity contribution is 5.67. The first-order valence-corrected chi connectivity index (χ1v) is 9.71. The van der Waals surface area contributed by atoms with E-state index in [1.165, 1.54) is 35.1 Å². The number of benzene rings is 2. The van der Waals surface area contributed by atoms with Crippen LogP contribution >= 0.6 is 0 Å². The monoisotopic (exact) mass is 347 g/mol. The summed E-state index contributed by atoms with van der Waals surface area (Å²) in [6.45, 7) is 3.31. The Hall–Kier alpha value is -2.19. The van der Waals surface area contributed by atoms with Gasteiger partial charge in [-0.1, -0.05) is 54.6 Å². The van der Waals surface area contributed by atoms with Crippen LogP contribution in [0, 0.1) is 11.7 Å². The lowest BCUT2D eigenvalue weighted by Gasteiger charge is -2.31. The summed E-state index contributed by atoms with van der Waals surface area (Å²) in [5.41, 5.74) is 5.41. The highest BCUT2D eigenvalue weighted by atomic mass is 19.1. The SMILES string of the molecule is Fc1ccc(C2=CC(CN3CC=C(c4ccccc4)CC3)CCC2)cc1. The Labute approximate surface area is 155 Å². The summed E-state index contributed by atoms with van der Waals surface area (Å²) in [4.78, 5) is 2.57. The molecule has 2 aromatic rings. The number of allylic oxidation sites excluding steroid dienone is 1. The lowest BCUT2D eigenvalue weighted by Crippen LogP contribution is -2.33. The van der Waals surface area contributed by atoms with Gasteiger partial charge in [0.2, 0.25) is 0 Å². The molecule has 0 spiro atoms. The molecule has 2 aromatic carbocycles. The molecule has 2 heteroatoms. The lowest BCUT2D eigenvalue weighted by molar-refractivity contribution is 0.262. The van der Waals surface area contributed by atoms with Crippen molar-refractivity contribution in [2.45, 2.75) is 25.7 Å². The van der Waals surface area contributed by atoms with Gasteiger partial charge in [-0.15, -0.1) is 0 Å². The highest BCUT2D eigenvalue weighted by Crippen LogP contribution is 2.31. The number of halogens is 1. The van der Waals surface area contributed by atoms with Crippen LogP contribution in [-0.4, -0.2) is 24.5 Å². The molecule has 1 unspecified atom stereocenters. The average Bonchev–Trinajstić information content (AvgIpc) is 2.70. The zero-order valence-corrected chi connectivity index (χ0v) is 15.2. The van der Waals surface area contributed by atoms with Crippen molar-refractivity contribution in [1.82, 2.24) is 4.90 Å². The average molecular weight is 347 g/mol. The molecule has 4 rings (SSSR count). The van der Waals surface area contributed by atoms with Crippen LogP contribution in [0.2, 0.25) is 0 Å². The van der Waals surface area contributed by atoms with Gasteiger partial charge in [-0.05, 0) is 66.0 Å². The standard InChI is InChI=1S/C24H26FN/c25-24-11-9-21(10-12-24)23-8-4-5-19(17-23)18-26-15-13-22(14-16-26)20-6-2-1-3-7-20/h1-3,6-7,9-13,17,19H,4-5,8,14-16,18H2. The minimum Gasteiger partial charge on any atom is -0.299 e. The Kier molecular flexibility index (Phi) is 5.31. The largest absolute Gasteiger partial charge is 0.299 e. The van der Waals surface area contributed by atoms with Crippen LogP contribution in [0.3, 0.4) is 0 Å². The van der Waals surface area contributed by atoms with Crippen LogP contribution < -0.4 is 0 Å². The minimum atomic E-state index is -0.156. The molecule has 1 aliphatic heterocycles. The van der Waals surface area contributed by atoms with Gasteiger partial charge in [-0.25, -0.2) is 4.39 Å². The maximum Gasteiger partial charge on any atom is 0.123 e. The Morgan fingerprint density at radius 3 is 2.38 bits per heavy atom. The summed E-state index contributed by atoms with van der Waals surface area (Å²) in [5.74, 6) is 0.450. The fourth-order valence-corrected chi connectivity index (χ4v) is 4.18. The maximum absolute atomic E-state index is 13.2. The molecular weight excluding hydrogens is 321 g/mol. The zero-order valence-electron chi connectivity index (χ0n) is 15.2. The van der Waals surface area contributed by atoms with Gasteiger partial charge in [0.1, 0.15) is 5.82 Å². The smallest absolute Gasteiger partial charge is 0.123 e. The van der Waals surface area contributed by atoms with Gasteiger partial charge in [0.25, 0.3) is 0 Å². The van der Waals surface area contributed by atoms with Gasteiger partial charge < -0.3 is 0 Å². The minimum absolute atomic E-state index is 0.156. The molecule has 0 aromatic heterocycles. The van der Waals surface area contributed by atoms with E-state index in [1.54, 1.807) is 12.1 Å². The van der Waals surface area contributed by atoms with Gasteiger partial charge in [0, 0.05) is 19.6 Å². The van der Waals surface area contributed by atoms with E-state index in [-0.39, 0.29) is 5.82 Å². The van der Waals surface area contributed by atoms with Crippen LogP contribution in [0.4, 0.5) is 4.39 Å². The van der Waals surface area contributed by atoms with E-state index in [1.807, 2.05) is 12.1 Å². The summed E-state index contributed by atoms with van der Waals surface area (Å²) >= 11 is 0. The third-order valence-corrected chi connectivity index (χ3v) is 5.60. The fourth-order valence-electron chi connectivity index (χ4n) is 4.18. The molecule has 1 nitrogen and oxygen atoms in total. The van der Waals surface area contributed by atoms with Crippen molar-refractivity contribution in [1.29, 1.82) is 0 Å². The zero-order chi connectivity index (χ0) is 17.8.